The third kappa shape index (κ3) is 3.16. The van der Waals surface area contributed by atoms with Crippen LogP contribution in [0.3, 0.4) is 0 Å². The van der Waals surface area contributed by atoms with Crippen LogP contribution in [0.15, 0.2) is 24.3 Å². The molecule has 1 aromatic carbocycles. The summed E-state index contributed by atoms with van der Waals surface area (Å²) in [5.74, 6) is 0. The molecule has 5 heteroatoms. The van der Waals surface area contributed by atoms with Crippen molar-refractivity contribution in [2.75, 3.05) is 20.1 Å². The molecule has 0 saturated carbocycles. The summed E-state index contributed by atoms with van der Waals surface area (Å²) in [4.78, 5) is 6.89. The molecular formula is C12H18ClN3S. The molecule has 0 aliphatic rings. The summed E-state index contributed by atoms with van der Waals surface area (Å²) in [5.41, 5.74) is 6.65. The molecule has 2 rings (SSSR count). The van der Waals surface area contributed by atoms with E-state index in [2.05, 4.69) is 42.1 Å². The van der Waals surface area contributed by atoms with Crippen molar-refractivity contribution in [2.24, 2.45) is 5.73 Å². The molecule has 94 valence electrons. The van der Waals surface area contributed by atoms with Crippen LogP contribution in [-0.4, -0.2) is 30.0 Å². The Kier molecular flexibility index (Phi) is 5.33. The smallest absolute Gasteiger partial charge is 0.111 e. The Bertz CT molecular complexity index is 438. The summed E-state index contributed by atoms with van der Waals surface area (Å²) in [7, 11) is 2.09. The molecule has 2 N–H and O–H groups in total. The molecule has 0 spiro atoms. The number of fused-ring (bicyclic) bond motifs is 1. The Morgan fingerprint density at radius 3 is 2.76 bits per heavy atom. The van der Waals surface area contributed by atoms with Crippen molar-refractivity contribution in [1.82, 2.24) is 9.88 Å². The molecule has 0 radical (unpaired) electrons. The van der Waals surface area contributed by atoms with Crippen LogP contribution in [0.5, 0.6) is 0 Å². The van der Waals surface area contributed by atoms with E-state index in [-0.39, 0.29) is 12.4 Å². The lowest BCUT2D eigenvalue weighted by molar-refractivity contribution is 0.268. The maximum absolute atomic E-state index is 5.56. The van der Waals surface area contributed by atoms with Crippen molar-refractivity contribution < 1.29 is 0 Å². The van der Waals surface area contributed by atoms with E-state index in [0.717, 1.165) is 17.1 Å². The number of nitrogens with zero attached hydrogens (tertiary/aromatic N) is 2. The largest absolute Gasteiger partial charge is 0.329 e. The lowest BCUT2D eigenvalue weighted by Gasteiger charge is -2.21. The maximum Gasteiger partial charge on any atom is 0.111 e. The minimum absolute atomic E-state index is 0. The monoisotopic (exact) mass is 271 g/mol. The minimum atomic E-state index is 0. The first-order chi connectivity index (χ1) is 7.72. The summed E-state index contributed by atoms with van der Waals surface area (Å²) in [5, 5.41) is 1.16. The molecule has 1 atom stereocenters. The number of rotatable bonds is 4. The molecule has 2 aromatic rings. The molecule has 0 bridgehead atoms. The van der Waals surface area contributed by atoms with Crippen LogP contribution in [0.1, 0.15) is 18.0 Å². The molecule has 1 heterocycles. The SMILES string of the molecule is CC(c1nc2ccccc2s1)N(C)CCN.Cl. The number of nitrogens with two attached hydrogens (primary N) is 1. The Balaban J connectivity index is 0.00000144. The van der Waals surface area contributed by atoms with Gasteiger partial charge in [0.2, 0.25) is 0 Å². The molecule has 1 unspecified atom stereocenters. The van der Waals surface area contributed by atoms with Crippen molar-refractivity contribution >= 4 is 34.0 Å². The molecule has 0 fully saturated rings. The molecule has 0 saturated heterocycles. The van der Waals surface area contributed by atoms with Gasteiger partial charge in [0.05, 0.1) is 16.3 Å². The third-order valence-corrected chi connectivity index (χ3v) is 4.02. The van der Waals surface area contributed by atoms with Gasteiger partial charge in [-0.05, 0) is 26.1 Å². The predicted molar refractivity (Wildman–Crippen MR) is 77.0 cm³/mol. The first-order valence-electron chi connectivity index (χ1n) is 5.48. The van der Waals surface area contributed by atoms with Crippen molar-refractivity contribution in [3.05, 3.63) is 29.3 Å². The lowest BCUT2D eigenvalue weighted by atomic mass is 10.3. The van der Waals surface area contributed by atoms with Crippen LogP contribution in [-0.2, 0) is 0 Å². The molecule has 17 heavy (non-hydrogen) atoms. The fourth-order valence-electron chi connectivity index (χ4n) is 1.65. The third-order valence-electron chi connectivity index (χ3n) is 2.81. The highest BCUT2D eigenvalue weighted by Crippen LogP contribution is 2.28. The number of aromatic nitrogens is 1. The number of halogens is 1. The summed E-state index contributed by atoms with van der Waals surface area (Å²) >= 11 is 1.77. The zero-order valence-corrected chi connectivity index (χ0v) is 11.7. The van der Waals surface area contributed by atoms with Crippen molar-refractivity contribution in [2.45, 2.75) is 13.0 Å². The minimum Gasteiger partial charge on any atom is -0.329 e. The van der Waals surface area contributed by atoms with Crippen molar-refractivity contribution in [3.63, 3.8) is 0 Å². The van der Waals surface area contributed by atoms with Gasteiger partial charge in [-0.3, -0.25) is 4.90 Å². The summed E-state index contributed by atoms with van der Waals surface area (Å²) in [6, 6.07) is 8.59. The summed E-state index contributed by atoms with van der Waals surface area (Å²) in [6.07, 6.45) is 0. The van der Waals surface area contributed by atoms with E-state index in [4.69, 9.17) is 5.73 Å². The number of likely N-dealkylation sites (N-methyl/N-ethyl adjacent to an activating group) is 1. The van der Waals surface area contributed by atoms with Crippen LogP contribution in [0, 0.1) is 0 Å². The number of para-hydroxylation sites is 1. The average Bonchev–Trinajstić information content (AvgIpc) is 2.71. The lowest BCUT2D eigenvalue weighted by Crippen LogP contribution is -2.28. The number of thiazole rings is 1. The van der Waals surface area contributed by atoms with Gasteiger partial charge in [0.25, 0.3) is 0 Å². The topological polar surface area (TPSA) is 42.2 Å². The zero-order valence-electron chi connectivity index (χ0n) is 10.1. The molecule has 3 nitrogen and oxygen atoms in total. The molecular weight excluding hydrogens is 254 g/mol. The highest BCUT2D eigenvalue weighted by molar-refractivity contribution is 7.18. The van der Waals surface area contributed by atoms with Gasteiger partial charge in [-0.25, -0.2) is 4.98 Å². The molecule has 0 aliphatic carbocycles. The molecule has 1 aromatic heterocycles. The second-order valence-corrected chi connectivity index (χ2v) is 5.03. The molecule has 0 aliphatic heterocycles. The predicted octanol–water partition coefficient (Wildman–Crippen LogP) is 2.67. The average molecular weight is 272 g/mol. The van der Waals surface area contributed by atoms with Gasteiger partial charge in [0.1, 0.15) is 5.01 Å². The van der Waals surface area contributed by atoms with Gasteiger partial charge >= 0.3 is 0 Å². The van der Waals surface area contributed by atoms with Gasteiger partial charge in [-0.15, -0.1) is 23.7 Å². The standard InChI is InChI=1S/C12H17N3S.ClH/c1-9(15(2)8-7-13)12-14-10-5-3-4-6-11(10)16-12;/h3-6,9H,7-8,13H2,1-2H3;1H. The van der Waals surface area contributed by atoms with Gasteiger partial charge in [0.15, 0.2) is 0 Å². The quantitative estimate of drug-likeness (QED) is 0.930. The zero-order chi connectivity index (χ0) is 11.5. The van der Waals surface area contributed by atoms with E-state index < -0.39 is 0 Å². The first-order valence-corrected chi connectivity index (χ1v) is 6.30. The van der Waals surface area contributed by atoms with Crippen LogP contribution in [0.2, 0.25) is 0 Å². The van der Waals surface area contributed by atoms with Crippen molar-refractivity contribution in [1.29, 1.82) is 0 Å². The van der Waals surface area contributed by atoms with Crippen LogP contribution in [0.4, 0.5) is 0 Å². The normalized spacial score (nSPS) is 12.7. The highest BCUT2D eigenvalue weighted by Gasteiger charge is 2.15. The number of hydrogen-bond donors (Lipinski definition) is 1. The Hall–Kier alpha value is -0.680. The maximum atomic E-state index is 5.56. The summed E-state index contributed by atoms with van der Waals surface area (Å²) in [6.45, 7) is 3.76. The van der Waals surface area contributed by atoms with E-state index in [9.17, 15) is 0 Å². The summed E-state index contributed by atoms with van der Waals surface area (Å²) < 4.78 is 1.26. The van der Waals surface area contributed by atoms with Gasteiger partial charge in [-0.1, -0.05) is 12.1 Å². The van der Waals surface area contributed by atoms with E-state index in [1.54, 1.807) is 11.3 Å². The van der Waals surface area contributed by atoms with Gasteiger partial charge < -0.3 is 5.73 Å². The Morgan fingerprint density at radius 2 is 2.12 bits per heavy atom. The van der Waals surface area contributed by atoms with Crippen LogP contribution < -0.4 is 5.73 Å². The molecule has 0 amide bonds. The van der Waals surface area contributed by atoms with Crippen LogP contribution in [0.25, 0.3) is 10.2 Å². The van der Waals surface area contributed by atoms with Crippen LogP contribution >= 0.6 is 23.7 Å². The second kappa shape index (κ2) is 6.31. The van der Waals surface area contributed by atoms with E-state index >= 15 is 0 Å². The van der Waals surface area contributed by atoms with Gasteiger partial charge in [-0.2, -0.15) is 0 Å². The second-order valence-electron chi connectivity index (χ2n) is 3.97. The highest BCUT2D eigenvalue weighted by atomic mass is 35.5. The first kappa shape index (κ1) is 14.4. The van der Waals surface area contributed by atoms with E-state index in [0.29, 0.717) is 12.6 Å². The Labute approximate surface area is 112 Å². The number of benzene rings is 1. The van der Waals surface area contributed by atoms with E-state index in [1.807, 2.05) is 6.07 Å². The fraction of sp³-hybridized carbons (Fsp3) is 0.417. The van der Waals surface area contributed by atoms with E-state index in [1.165, 1.54) is 4.70 Å². The van der Waals surface area contributed by atoms with Gasteiger partial charge in [0, 0.05) is 13.1 Å². The van der Waals surface area contributed by atoms with Crippen molar-refractivity contribution in [3.8, 4) is 0 Å². The Morgan fingerprint density at radius 1 is 1.41 bits per heavy atom. The number of hydrogen-bond acceptors (Lipinski definition) is 4. The fourth-order valence-corrected chi connectivity index (χ4v) is 2.74.